The zero-order valence-electron chi connectivity index (χ0n) is 10.7. The third-order valence-electron chi connectivity index (χ3n) is 2.44. The summed E-state index contributed by atoms with van der Waals surface area (Å²) in [5, 5.41) is 2.92. The number of rotatable bonds is 5. The Morgan fingerprint density at radius 3 is 2.57 bits per heavy atom. The monoisotopic (exact) mass is 307 g/mol. The van der Waals surface area contributed by atoms with Crippen LogP contribution in [0.15, 0.2) is 57.1 Å². The molecule has 21 heavy (non-hydrogen) atoms. The van der Waals surface area contributed by atoms with E-state index in [4.69, 9.17) is 4.42 Å². The van der Waals surface area contributed by atoms with E-state index < -0.39 is 15.2 Å². The van der Waals surface area contributed by atoms with Gasteiger partial charge >= 0.3 is 0 Å². The molecule has 0 saturated carbocycles. The van der Waals surface area contributed by atoms with Crippen molar-refractivity contribution in [2.45, 2.75) is 11.5 Å². The first-order valence-corrected chi connectivity index (χ1v) is 7.27. The van der Waals surface area contributed by atoms with Gasteiger partial charge in [-0.25, -0.2) is 13.8 Å². The van der Waals surface area contributed by atoms with Gasteiger partial charge in [0, 0.05) is 0 Å². The molecule has 0 aliphatic carbocycles. The number of nitrogens with one attached hydrogen (secondary N) is 1. The lowest BCUT2D eigenvalue weighted by molar-refractivity contribution is -0.120. The molecule has 0 atom stereocenters. The second-order valence-electron chi connectivity index (χ2n) is 4.07. The minimum Gasteiger partial charge on any atom is -0.742 e. The number of benzene rings is 1. The van der Waals surface area contributed by atoms with Crippen LogP contribution in [0.2, 0.25) is 0 Å². The topological polar surface area (TPSA) is 112 Å². The molecule has 0 aliphatic rings. The SMILES string of the molecule is O=C(Cc1ccccc1)NN=Cc1ccc(S(=O)(=O)[O-])o1. The van der Waals surface area contributed by atoms with Crippen molar-refractivity contribution in [1.82, 2.24) is 5.43 Å². The van der Waals surface area contributed by atoms with Crippen molar-refractivity contribution >= 4 is 22.2 Å². The van der Waals surface area contributed by atoms with Crippen LogP contribution in [-0.4, -0.2) is 25.1 Å². The van der Waals surface area contributed by atoms with Gasteiger partial charge in [0.2, 0.25) is 11.0 Å². The first-order valence-electron chi connectivity index (χ1n) is 5.87. The number of hydrogen-bond acceptors (Lipinski definition) is 6. The lowest BCUT2D eigenvalue weighted by Gasteiger charge is -2.00. The molecule has 1 heterocycles. The summed E-state index contributed by atoms with van der Waals surface area (Å²) >= 11 is 0. The van der Waals surface area contributed by atoms with Crippen LogP contribution >= 0.6 is 0 Å². The second-order valence-corrected chi connectivity index (χ2v) is 5.38. The van der Waals surface area contributed by atoms with Crippen molar-refractivity contribution in [2.24, 2.45) is 5.10 Å². The molecule has 0 radical (unpaired) electrons. The number of hydrazone groups is 1. The van der Waals surface area contributed by atoms with Gasteiger partial charge in [-0.3, -0.25) is 4.79 Å². The third-order valence-corrected chi connectivity index (χ3v) is 3.15. The minimum atomic E-state index is -4.63. The molecule has 8 heteroatoms. The highest BCUT2D eigenvalue weighted by molar-refractivity contribution is 7.85. The van der Waals surface area contributed by atoms with E-state index in [2.05, 4.69) is 10.5 Å². The molecule has 0 bridgehead atoms. The molecule has 1 N–H and O–H groups in total. The van der Waals surface area contributed by atoms with Crippen LogP contribution in [0, 0.1) is 0 Å². The molecule has 0 spiro atoms. The summed E-state index contributed by atoms with van der Waals surface area (Å²) in [6.07, 6.45) is 1.27. The average Bonchev–Trinajstić information content (AvgIpc) is 2.88. The van der Waals surface area contributed by atoms with Gasteiger partial charge < -0.3 is 8.97 Å². The van der Waals surface area contributed by atoms with Crippen LogP contribution in [-0.2, 0) is 21.3 Å². The number of carbonyl (C=O) groups excluding carboxylic acids is 1. The Balaban J connectivity index is 1.90. The highest BCUT2D eigenvalue weighted by Gasteiger charge is 2.06. The molecule has 0 unspecified atom stereocenters. The van der Waals surface area contributed by atoms with Gasteiger partial charge in [0.15, 0.2) is 10.1 Å². The molecule has 2 rings (SSSR count). The van der Waals surface area contributed by atoms with E-state index in [1.54, 1.807) is 12.1 Å². The van der Waals surface area contributed by atoms with Crippen molar-refractivity contribution in [3.8, 4) is 0 Å². The zero-order valence-corrected chi connectivity index (χ0v) is 11.5. The number of amides is 1. The summed E-state index contributed by atoms with van der Waals surface area (Å²) in [5.41, 5.74) is 3.11. The Bertz CT molecular complexity index is 750. The van der Waals surface area contributed by atoms with Crippen LogP contribution in [0.3, 0.4) is 0 Å². The average molecular weight is 307 g/mol. The van der Waals surface area contributed by atoms with E-state index in [0.29, 0.717) is 0 Å². The maximum atomic E-state index is 11.6. The molecular weight excluding hydrogens is 296 g/mol. The molecule has 110 valence electrons. The van der Waals surface area contributed by atoms with Crippen molar-refractivity contribution < 1.29 is 22.2 Å². The molecule has 7 nitrogen and oxygen atoms in total. The number of hydrogen-bond donors (Lipinski definition) is 1. The van der Waals surface area contributed by atoms with E-state index in [0.717, 1.165) is 17.8 Å². The predicted molar refractivity (Wildman–Crippen MR) is 72.6 cm³/mol. The fraction of sp³-hybridized carbons (Fsp3) is 0.0769. The summed E-state index contributed by atoms with van der Waals surface area (Å²) in [5.74, 6) is -0.287. The summed E-state index contributed by atoms with van der Waals surface area (Å²) < 4.78 is 36.8. The number of furan rings is 1. The standard InChI is InChI=1S/C13H12N2O5S/c16-12(8-10-4-2-1-3-5-10)15-14-9-11-6-7-13(20-11)21(17,18)19/h1-7,9H,8H2,(H,15,16)(H,17,18,19)/p-1. The Labute approximate surface area is 121 Å². The van der Waals surface area contributed by atoms with Crippen molar-refractivity contribution in [1.29, 1.82) is 0 Å². The van der Waals surface area contributed by atoms with E-state index in [-0.39, 0.29) is 18.1 Å². The Kier molecular flexibility index (Phi) is 4.51. The summed E-state index contributed by atoms with van der Waals surface area (Å²) in [6.45, 7) is 0. The fourth-order valence-corrected chi connectivity index (χ4v) is 1.96. The second kappa shape index (κ2) is 6.33. The normalized spacial score (nSPS) is 11.7. The van der Waals surface area contributed by atoms with E-state index in [9.17, 15) is 17.8 Å². The van der Waals surface area contributed by atoms with Crippen LogP contribution < -0.4 is 5.43 Å². The molecule has 1 aromatic heterocycles. The number of carbonyl (C=O) groups is 1. The van der Waals surface area contributed by atoms with Crippen LogP contribution in [0.1, 0.15) is 11.3 Å². The first kappa shape index (κ1) is 14.9. The molecule has 1 aromatic carbocycles. The molecule has 0 aliphatic heterocycles. The molecule has 0 fully saturated rings. The van der Waals surface area contributed by atoms with Gasteiger partial charge in [0.1, 0.15) is 5.76 Å². The lowest BCUT2D eigenvalue weighted by atomic mass is 10.1. The van der Waals surface area contributed by atoms with Crippen molar-refractivity contribution in [3.05, 3.63) is 53.8 Å². The molecule has 2 aromatic rings. The fourth-order valence-electron chi connectivity index (χ4n) is 1.53. The Morgan fingerprint density at radius 2 is 1.95 bits per heavy atom. The zero-order chi connectivity index (χ0) is 15.3. The Morgan fingerprint density at radius 1 is 1.24 bits per heavy atom. The summed E-state index contributed by atoms with van der Waals surface area (Å²) in [4.78, 5) is 11.6. The van der Waals surface area contributed by atoms with Crippen LogP contribution in [0.25, 0.3) is 0 Å². The van der Waals surface area contributed by atoms with E-state index in [1.807, 2.05) is 18.2 Å². The third kappa shape index (κ3) is 4.55. The maximum Gasteiger partial charge on any atom is 0.244 e. The van der Waals surface area contributed by atoms with E-state index >= 15 is 0 Å². The van der Waals surface area contributed by atoms with Gasteiger partial charge in [-0.05, 0) is 17.7 Å². The van der Waals surface area contributed by atoms with Gasteiger partial charge in [-0.1, -0.05) is 30.3 Å². The van der Waals surface area contributed by atoms with Gasteiger partial charge in [-0.15, -0.1) is 0 Å². The highest BCUT2D eigenvalue weighted by atomic mass is 32.2. The number of nitrogens with zero attached hydrogens (tertiary/aromatic N) is 1. The van der Waals surface area contributed by atoms with Gasteiger partial charge in [0.25, 0.3) is 0 Å². The predicted octanol–water partition coefficient (Wildman–Crippen LogP) is 0.876. The lowest BCUT2D eigenvalue weighted by Crippen LogP contribution is -2.19. The largest absolute Gasteiger partial charge is 0.742 e. The summed E-state index contributed by atoms with van der Waals surface area (Å²) in [6, 6.07) is 11.4. The quantitative estimate of drug-likeness (QED) is 0.500. The maximum absolute atomic E-state index is 11.6. The Hall–Kier alpha value is -2.45. The molecule has 1 amide bonds. The first-order chi connectivity index (χ1) is 9.95. The van der Waals surface area contributed by atoms with Gasteiger partial charge in [0.05, 0.1) is 12.6 Å². The van der Waals surface area contributed by atoms with Crippen LogP contribution in [0.5, 0.6) is 0 Å². The van der Waals surface area contributed by atoms with Crippen molar-refractivity contribution in [3.63, 3.8) is 0 Å². The smallest absolute Gasteiger partial charge is 0.244 e. The molecule has 0 saturated heterocycles. The summed E-state index contributed by atoms with van der Waals surface area (Å²) in [7, 11) is -4.63. The minimum absolute atomic E-state index is 0.0458. The van der Waals surface area contributed by atoms with Crippen LogP contribution in [0.4, 0.5) is 0 Å². The van der Waals surface area contributed by atoms with Gasteiger partial charge in [-0.2, -0.15) is 5.10 Å². The van der Waals surface area contributed by atoms with Crippen molar-refractivity contribution in [2.75, 3.05) is 0 Å². The highest BCUT2D eigenvalue weighted by Crippen LogP contribution is 2.11. The molecular formula is C13H11N2O5S-. The van der Waals surface area contributed by atoms with E-state index in [1.165, 1.54) is 6.07 Å².